The van der Waals surface area contributed by atoms with E-state index in [0.29, 0.717) is 12.2 Å². The second-order valence-corrected chi connectivity index (χ2v) is 13.2. The highest BCUT2D eigenvalue weighted by Gasteiger charge is 2.60. The van der Waals surface area contributed by atoms with Crippen LogP contribution in [0.15, 0.2) is 71.6 Å². The van der Waals surface area contributed by atoms with Gasteiger partial charge in [-0.2, -0.15) is 0 Å². The van der Waals surface area contributed by atoms with Gasteiger partial charge in [-0.1, -0.05) is 0 Å². The molecule has 3 aromatic carbocycles. The van der Waals surface area contributed by atoms with Crippen molar-refractivity contribution >= 4 is 27.1 Å². The van der Waals surface area contributed by atoms with Gasteiger partial charge in [0.25, 0.3) is 0 Å². The van der Waals surface area contributed by atoms with Gasteiger partial charge < -0.3 is 30.6 Å². The van der Waals surface area contributed by atoms with Crippen LogP contribution in [-0.2, 0) is 14.6 Å². The molecule has 2 fully saturated rings. The fourth-order valence-corrected chi connectivity index (χ4v) is 8.05. The second kappa shape index (κ2) is 11.6. The van der Waals surface area contributed by atoms with E-state index in [0.717, 1.165) is 38.1 Å². The van der Waals surface area contributed by atoms with Crippen LogP contribution in [0, 0.1) is 5.41 Å². The van der Waals surface area contributed by atoms with E-state index in [1.807, 2.05) is 0 Å². The molecule has 0 bridgehead atoms. The number of carbonyl (C=O) groups is 1. The van der Waals surface area contributed by atoms with Crippen LogP contribution < -0.4 is 30.6 Å². The molecule has 9 nitrogen and oxygen atoms in total. The summed E-state index contributed by atoms with van der Waals surface area (Å²) in [7, 11) is -2.74. The number of hydrogen-bond acceptors (Lipinski definition) is 8. The SMILES string of the molecule is COc1ccc(N)c(NC(=O)C2(S(=O)(=O)c3ccc(Oc4ccc(OC(F)(F)F)cc4)cc3)CCC3(CCNCC3)C2)c1. The summed E-state index contributed by atoms with van der Waals surface area (Å²) in [5.74, 6) is -0.110. The van der Waals surface area contributed by atoms with E-state index in [2.05, 4.69) is 15.4 Å². The zero-order valence-electron chi connectivity index (χ0n) is 23.4. The monoisotopic (exact) mass is 619 g/mol. The fourth-order valence-electron chi connectivity index (χ4n) is 5.94. The number of ether oxygens (including phenoxy) is 3. The first-order valence-corrected chi connectivity index (χ1v) is 15.2. The number of carbonyl (C=O) groups excluding carboxylic acids is 1. The molecule has 1 aliphatic carbocycles. The minimum absolute atomic E-state index is 0.0477. The molecule has 5 rings (SSSR count). The predicted molar refractivity (Wildman–Crippen MR) is 154 cm³/mol. The van der Waals surface area contributed by atoms with Gasteiger partial charge in [0.15, 0.2) is 14.6 Å². The molecule has 1 spiro atoms. The molecule has 1 amide bonds. The first-order valence-electron chi connectivity index (χ1n) is 13.7. The number of alkyl halides is 3. The zero-order valence-corrected chi connectivity index (χ0v) is 24.2. The lowest BCUT2D eigenvalue weighted by atomic mass is 9.77. The Morgan fingerprint density at radius 2 is 1.47 bits per heavy atom. The maximum absolute atomic E-state index is 14.4. The van der Waals surface area contributed by atoms with Crippen molar-refractivity contribution in [2.24, 2.45) is 5.41 Å². The van der Waals surface area contributed by atoms with Crippen molar-refractivity contribution in [3.05, 3.63) is 66.7 Å². The fraction of sp³-hybridized carbons (Fsp3) is 0.367. The van der Waals surface area contributed by atoms with Gasteiger partial charge in [-0.15, -0.1) is 13.2 Å². The van der Waals surface area contributed by atoms with E-state index in [1.54, 1.807) is 18.2 Å². The average molecular weight is 620 g/mol. The highest BCUT2D eigenvalue weighted by Crippen LogP contribution is 2.54. The van der Waals surface area contributed by atoms with Crippen molar-refractivity contribution < 1.29 is 40.6 Å². The van der Waals surface area contributed by atoms with Gasteiger partial charge in [0.2, 0.25) is 5.91 Å². The number of benzene rings is 3. The van der Waals surface area contributed by atoms with E-state index in [9.17, 15) is 26.4 Å². The Bertz CT molecular complexity index is 1570. The zero-order chi connectivity index (χ0) is 30.9. The number of hydrogen-bond donors (Lipinski definition) is 3. The second-order valence-electron chi connectivity index (χ2n) is 10.9. The molecule has 1 saturated carbocycles. The maximum Gasteiger partial charge on any atom is 0.573 e. The number of methoxy groups -OCH3 is 1. The van der Waals surface area contributed by atoms with Gasteiger partial charge in [-0.3, -0.25) is 4.79 Å². The minimum Gasteiger partial charge on any atom is -0.497 e. The van der Waals surface area contributed by atoms with Crippen LogP contribution in [0.25, 0.3) is 0 Å². The molecule has 1 saturated heterocycles. The minimum atomic E-state index is -4.81. The lowest BCUT2D eigenvalue weighted by Crippen LogP contribution is -2.49. The molecule has 0 radical (unpaired) electrons. The largest absolute Gasteiger partial charge is 0.573 e. The van der Waals surface area contributed by atoms with E-state index in [4.69, 9.17) is 15.2 Å². The number of nitrogen functional groups attached to an aromatic ring is 1. The Morgan fingerprint density at radius 1 is 0.884 bits per heavy atom. The maximum atomic E-state index is 14.4. The molecule has 1 aliphatic heterocycles. The molecule has 2 aliphatic rings. The molecule has 3 aromatic rings. The standard InChI is InChI=1S/C30H32F3N3O6S/c1-40-23-8-11-25(34)26(18-23)36-27(37)29(13-12-28(19-29)14-16-35-17-15-28)43(38,39)24-9-6-21(7-10-24)41-20-2-4-22(5-3-20)42-30(31,32)33/h2-11,18,35H,12-17,19,34H2,1H3,(H,36,37). The van der Waals surface area contributed by atoms with E-state index in [1.165, 1.54) is 43.5 Å². The van der Waals surface area contributed by atoms with Crippen molar-refractivity contribution in [2.75, 3.05) is 31.2 Å². The van der Waals surface area contributed by atoms with Gasteiger partial charge in [-0.05, 0) is 111 Å². The number of rotatable bonds is 8. The Kier molecular flexibility index (Phi) is 8.23. The summed E-state index contributed by atoms with van der Waals surface area (Å²) in [6.45, 7) is 1.49. The lowest BCUT2D eigenvalue weighted by Gasteiger charge is -2.36. The van der Waals surface area contributed by atoms with E-state index >= 15 is 0 Å². The smallest absolute Gasteiger partial charge is 0.497 e. The summed E-state index contributed by atoms with van der Waals surface area (Å²) in [4.78, 5) is 14.0. The molecule has 230 valence electrons. The molecule has 1 atom stereocenters. The average Bonchev–Trinajstić information content (AvgIpc) is 3.35. The number of halogens is 3. The van der Waals surface area contributed by atoms with Gasteiger partial charge >= 0.3 is 6.36 Å². The molecule has 0 aromatic heterocycles. The molecule has 1 heterocycles. The van der Waals surface area contributed by atoms with Gasteiger partial charge in [-0.25, -0.2) is 8.42 Å². The van der Waals surface area contributed by atoms with E-state index in [-0.39, 0.29) is 46.0 Å². The van der Waals surface area contributed by atoms with Gasteiger partial charge in [0, 0.05) is 6.07 Å². The summed E-state index contributed by atoms with van der Waals surface area (Å²) in [6, 6.07) is 15.2. The first-order chi connectivity index (χ1) is 20.3. The Morgan fingerprint density at radius 3 is 2.07 bits per heavy atom. The third-order valence-electron chi connectivity index (χ3n) is 8.25. The number of piperidine rings is 1. The van der Waals surface area contributed by atoms with Crippen LogP contribution in [0.2, 0.25) is 0 Å². The predicted octanol–water partition coefficient (Wildman–Crippen LogP) is 5.67. The summed E-state index contributed by atoms with van der Waals surface area (Å²) in [6.07, 6.45) is -2.38. The summed E-state index contributed by atoms with van der Waals surface area (Å²) in [5.41, 5.74) is 6.35. The highest BCUT2D eigenvalue weighted by atomic mass is 32.2. The molecule has 1 unspecified atom stereocenters. The third-order valence-corrected chi connectivity index (χ3v) is 10.7. The third kappa shape index (κ3) is 6.37. The van der Waals surface area contributed by atoms with E-state index < -0.39 is 32.6 Å². The highest BCUT2D eigenvalue weighted by molar-refractivity contribution is 7.93. The molecular weight excluding hydrogens is 587 g/mol. The van der Waals surface area contributed by atoms with Crippen LogP contribution in [0.5, 0.6) is 23.0 Å². The van der Waals surface area contributed by atoms with Crippen molar-refractivity contribution in [1.82, 2.24) is 5.32 Å². The number of amides is 1. The Balaban J connectivity index is 1.42. The number of sulfone groups is 1. The van der Waals surface area contributed by atoms with Crippen LogP contribution in [-0.4, -0.2) is 45.6 Å². The number of anilines is 2. The molecular formula is C30H32F3N3O6S. The topological polar surface area (TPSA) is 129 Å². The quantitative estimate of drug-likeness (QED) is 0.275. The van der Waals surface area contributed by atoms with Crippen molar-refractivity contribution in [2.45, 2.75) is 48.1 Å². The van der Waals surface area contributed by atoms with Crippen LogP contribution in [0.1, 0.15) is 32.1 Å². The Hall–Kier alpha value is -3.97. The van der Waals surface area contributed by atoms with Crippen LogP contribution >= 0.6 is 0 Å². The number of nitrogens with one attached hydrogen (secondary N) is 2. The van der Waals surface area contributed by atoms with Crippen molar-refractivity contribution in [3.8, 4) is 23.0 Å². The van der Waals surface area contributed by atoms with Gasteiger partial charge in [0.1, 0.15) is 23.0 Å². The van der Waals surface area contributed by atoms with Crippen LogP contribution in [0.3, 0.4) is 0 Å². The molecule has 4 N–H and O–H groups in total. The van der Waals surface area contributed by atoms with Crippen molar-refractivity contribution in [3.63, 3.8) is 0 Å². The van der Waals surface area contributed by atoms with Crippen molar-refractivity contribution in [1.29, 1.82) is 0 Å². The van der Waals surface area contributed by atoms with Crippen LogP contribution in [0.4, 0.5) is 24.5 Å². The molecule has 43 heavy (non-hydrogen) atoms. The summed E-state index contributed by atoms with van der Waals surface area (Å²) in [5, 5.41) is 6.09. The number of nitrogens with two attached hydrogens (primary N) is 1. The Labute approximate surface area is 247 Å². The normalized spacial score (nSPS) is 20.0. The van der Waals surface area contributed by atoms with Gasteiger partial charge in [0.05, 0.1) is 23.4 Å². The lowest BCUT2D eigenvalue weighted by molar-refractivity contribution is -0.274. The molecule has 13 heteroatoms. The summed E-state index contributed by atoms with van der Waals surface area (Å²) >= 11 is 0. The first kappa shape index (κ1) is 30.5. The summed E-state index contributed by atoms with van der Waals surface area (Å²) < 4.78 is 79.1.